The van der Waals surface area contributed by atoms with Gasteiger partial charge in [0.25, 0.3) is 0 Å². The van der Waals surface area contributed by atoms with Crippen LogP contribution in [0, 0.1) is 11.8 Å². The molecule has 1 fully saturated rings. The first-order valence-electron chi connectivity index (χ1n) is 10.0. The molecule has 0 aliphatic carbocycles. The summed E-state index contributed by atoms with van der Waals surface area (Å²) in [7, 11) is 0. The van der Waals surface area contributed by atoms with Gasteiger partial charge in [0.05, 0.1) is 17.1 Å². The Morgan fingerprint density at radius 2 is 1.96 bits per heavy atom. The van der Waals surface area contributed by atoms with E-state index in [1.165, 1.54) is 0 Å². The lowest BCUT2D eigenvalue weighted by molar-refractivity contribution is -0.133. The third kappa shape index (κ3) is 4.68. The molecule has 0 radical (unpaired) electrons. The first-order chi connectivity index (χ1) is 13.0. The maximum atomic E-state index is 12.7. The number of aryl methyl sites for hydroxylation is 1. The molecule has 148 valence electrons. The Labute approximate surface area is 160 Å². The van der Waals surface area contributed by atoms with Gasteiger partial charge in [0.2, 0.25) is 5.91 Å². The monoisotopic (exact) mass is 373 g/mol. The van der Waals surface area contributed by atoms with Gasteiger partial charge in [-0.15, -0.1) is 0 Å². The number of aliphatic hydroxyl groups is 2. The topological polar surface area (TPSA) is 78.6 Å². The summed E-state index contributed by atoms with van der Waals surface area (Å²) in [5.41, 5.74) is 1.79. The highest BCUT2D eigenvalue weighted by molar-refractivity contribution is 5.78. The van der Waals surface area contributed by atoms with E-state index in [0.29, 0.717) is 30.6 Å². The molecule has 0 spiro atoms. The highest BCUT2D eigenvalue weighted by Crippen LogP contribution is 2.25. The standard InChI is InChI=1S/C21H31N3O3/c1-15(2)13-19(26)16-7-10-23(11-8-16)21(27)9-12-24-18-6-4-3-5-17(18)22-20(24)14-25/h3-6,15-16,19,25-26H,7-14H2,1-2H3/t19-/m0/s1. The molecule has 2 heterocycles. The van der Waals surface area contributed by atoms with Crippen LogP contribution in [-0.4, -0.2) is 49.8 Å². The van der Waals surface area contributed by atoms with Crippen molar-refractivity contribution in [2.75, 3.05) is 13.1 Å². The zero-order valence-electron chi connectivity index (χ0n) is 16.3. The van der Waals surface area contributed by atoms with Crippen LogP contribution < -0.4 is 0 Å². The second kappa shape index (κ2) is 8.85. The summed E-state index contributed by atoms with van der Waals surface area (Å²) in [4.78, 5) is 19.0. The van der Waals surface area contributed by atoms with Crippen molar-refractivity contribution in [1.29, 1.82) is 0 Å². The van der Waals surface area contributed by atoms with Crippen molar-refractivity contribution in [1.82, 2.24) is 14.5 Å². The fraction of sp³-hybridized carbons (Fsp3) is 0.619. The first kappa shape index (κ1) is 19.8. The van der Waals surface area contributed by atoms with E-state index < -0.39 is 0 Å². The quantitative estimate of drug-likeness (QED) is 0.782. The summed E-state index contributed by atoms with van der Waals surface area (Å²) in [6.07, 6.45) is 2.71. The minimum atomic E-state index is -0.258. The molecule has 0 bridgehead atoms. The second-order valence-corrected chi connectivity index (χ2v) is 7.99. The lowest BCUT2D eigenvalue weighted by atomic mass is 9.87. The van der Waals surface area contributed by atoms with Crippen LogP contribution >= 0.6 is 0 Å². The van der Waals surface area contributed by atoms with Crippen LogP contribution in [0.3, 0.4) is 0 Å². The lowest BCUT2D eigenvalue weighted by Gasteiger charge is -2.35. The van der Waals surface area contributed by atoms with Crippen LogP contribution in [0.5, 0.6) is 0 Å². The van der Waals surface area contributed by atoms with E-state index in [4.69, 9.17) is 0 Å². The van der Waals surface area contributed by atoms with Gasteiger partial charge in [-0.1, -0.05) is 26.0 Å². The maximum Gasteiger partial charge on any atom is 0.224 e. The molecule has 6 nitrogen and oxygen atoms in total. The Hall–Kier alpha value is -1.92. The summed E-state index contributed by atoms with van der Waals surface area (Å²) < 4.78 is 1.94. The molecule has 6 heteroatoms. The van der Waals surface area contributed by atoms with Crippen LogP contribution in [-0.2, 0) is 17.9 Å². The van der Waals surface area contributed by atoms with E-state index in [-0.39, 0.29) is 18.6 Å². The molecule has 2 aromatic rings. The van der Waals surface area contributed by atoms with Crippen molar-refractivity contribution >= 4 is 16.9 Å². The van der Waals surface area contributed by atoms with Gasteiger partial charge in [-0.05, 0) is 43.2 Å². The summed E-state index contributed by atoms with van der Waals surface area (Å²) in [5, 5.41) is 19.9. The number of hydrogen-bond donors (Lipinski definition) is 2. The number of likely N-dealkylation sites (tertiary alicyclic amines) is 1. The van der Waals surface area contributed by atoms with Crippen LogP contribution in [0.4, 0.5) is 0 Å². The SMILES string of the molecule is CC(C)C[C@H](O)C1CCN(C(=O)CCn2c(CO)nc3ccccc32)CC1. The molecule has 1 amide bonds. The number of carbonyl (C=O) groups excluding carboxylic acids is 1. The van der Waals surface area contributed by atoms with Crippen molar-refractivity contribution < 1.29 is 15.0 Å². The number of aromatic nitrogens is 2. The van der Waals surface area contributed by atoms with Crippen molar-refractivity contribution in [2.24, 2.45) is 11.8 Å². The number of imidazole rings is 1. The van der Waals surface area contributed by atoms with E-state index in [9.17, 15) is 15.0 Å². The van der Waals surface area contributed by atoms with Gasteiger partial charge < -0.3 is 19.7 Å². The number of nitrogens with zero attached hydrogens (tertiary/aromatic N) is 3. The third-order valence-corrected chi connectivity index (χ3v) is 5.57. The Kier molecular flexibility index (Phi) is 6.50. The molecule has 1 aromatic heterocycles. The fourth-order valence-electron chi connectivity index (χ4n) is 4.07. The average molecular weight is 373 g/mol. The van der Waals surface area contributed by atoms with Gasteiger partial charge in [0.1, 0.15) is 12.4 Å². The predicted molar refractivity (Wildman–Crippen MR) is 105 cm³/mol. The lowest BCUT2D eigenvalue weighted by Crippen LogP contribution is -2.41. The summed E-state index contributed by atoms with van der Waals surface area (Å²) in [6.45, 7) is 6.07. The van der Waals surface area contributed by atoms with E-state index in [2.05, 4.69) is 18.8 Å². The van der Waals surface area contributed by atoms with Gasteiger partial charge in [0.15, 0.2) is 0 Å². The largest absolute Gasteiger partial charge is 0.393 e. The molecule has 1 saturated heterocycles. The maximum absolute atomic E-state index is 12.7. The molecule has 0 unspecified atom stereocenters. The van der Waals surface area contributed by atoms with Gasteiger partial charge >= 0.3 is 0 Å². The molecular formula is C21H31N3O3. The minimum absolute atomic E-state index is 0.133. The highest BCUT2D eigenvalue weighted by Gasteiger charge is 2.27. The van der Waals surface area contributed by atoms with E-state index in [1.54, 1.807) is 0 Å². The van der Waals surface area contributed by atoms with Gasteiger partial charge in [0, 0.05) is 26.1 Å². The van der Waals surface area contributed by atoms with Crippen LogP contribution in [0.15, 0.2) is 24.3 Å². The smallest absolute Gasteiger partial charge is 0.224 e. The van der Waals surface area contributed by atoms with E-state index >= 15 is 0 Å². The van der Waals surface area contributed by atoms with Crippen molar-refractivity contribution in [3.05, 3.63) is 30.1 Å². The normalized spacial score (nSPS) is 17.0. The molecular weight excluding hydrogens is 342 g/mol. The number of para-hydroxylation sites is 2. The fourth-order valence-corrected chi connectivity index (χ4v) is 4.07. The number of aliphatic hydroxyl groups excluding tert-OH is 2. The number of amides is 1. The van der Waals surface area contributed by atoms with Crippen molar-refractivity contribution in [3.8, 4) is 0 Å². The number of benzene rings is 1. The summed E-state index contributed by atoms with van der Waals surface area (Å²) >= 11 is 0. The molecule has 1 aliphatic heterocycles. The molecule has 27 heavy (non-hydrogen) atoms. The number of carbonyl (C=O) groups is 1. The Morgan fingerprint density at radius 3 is 2.63 bits per heavy atom. The van der Waals surface area contributed by atoms with Crippen LogP contribution in [0.2, 0.25) is 0 Å². The number of rotatable bonds is 7. The average Bonchev–Trinajstić information content (AvgIpc) is 3.03. The molecule has 1 aliphatic rings. The van der Waals surface area contributed by atoms with E-state index in [0.717, 1.165) is 43.4 Å². The summed E-state index contributed by atoms with van der Waals surface area (Å²) in [6, 6.07) is 7.74. The molecule has 0 saturated carbocycles. The first-order valence-corrected chi connectivity index (χ1v) is 10.0. The van der Waals surface area contributed by atoms with Gasteiger partial charge in [-0.2, -0.15) is 0 Å². The highest BCUT2D eigenvalue weighted by atomic mass is 16.3. The number of hydrogen-bond acceptors (Lipinski definition) is 4. The number of piperidine rings is 1. The molecule has 2 N–H and O–H groups in total. The van der Waals surface area contributed by atoms with Crippen LogP contribution in [0.25, 0.3) is 11.0 Å². The molecule has 1 atom stereocenters. The molecule has 1 aromatic carbocycles. The minimum Gasteiger partial charge on any atom is -0.393 e. The van der Waals surface area contributed by atoms with Crippen LogP contribution in [0.1, 0.15) is 45.4 Å². The summed E-state index contributed by atoms with van der Waals surface area (Å²) in [5.74, 6) is 1.52. The predicted octanol–water partition coefficient (Wildman–Crippen LogP) is 2.56. The van der Waals surface area contributed by atoms with Crippen molar-refractivity contribution in [2.45, 2.75) is 58.8 Å². The van der Waals surface area contributed by atoms with Gasteiger partial charge in [-0.25, -0.2) is 4.98 Å². The Bertz CT molecular complexity index is 763. The Morgan fingerprint density at radius 1 is 1.26 bits per heavy atom. The van der Waals surface area contributed by atoms with Gasteiger partial charge in [-0.3, -0.25) is 4.79 Å². The zero-order valence-corrected chi connectivity index (χ0v) is 16.3. The Balaban J connectivity index is 1.55. The third-order valence-electron chi connectivity index (χ3n) is 5.57. The zero-order chi connectivity index (χ0) is 19.4. The second-order valence-electron chi connectivity index (χ2n) is 7.99. The number of fused-ring (bicyclic) bond motifs is 1. The molecule has 3 rings (SSSR count). The van der Waals surface area contributed by atoms with Crippen molar-refractivity contribution in [3.63, 3.8) is 0 Å². The van der Waals surface area contributed by atoms with E-state index in [1.807, 2.05) is 33.7 Å².